The largest absolute Gasteiger partial charge is 0.493 e. The second kappa shape index (κ2) is 9.83. The highest BCUT2D eigenvalue weighted by Crippen LogP contribution is 2.30. The molecule has 31 heavy (non-hydrogen) atoms. The number of piperidine rings is 1. The van der Waals surface area contributed by atoms with Crippen molar-refractivity contribution in [3.63, 3.8) is 0 Å². The molecular formula is C22H29F2N3O3S. The zero-order chi connectivity index (χ0) is 22.0. The fourth-order valence-electron chi connectivity index (χ4n) is 4.30. The number of hydrogen-bond donors (Lipinski definition) is 2. The molecule has 1 saturated carbocycles. The Bertz CT molecular complexity index is 965. The first-order valence-electron chi connectivity index (χ1n) is 10.9. The van der Waals surface area contributed by atoms with E-state index in [4.69, 9.17) is 4.74 Å². The number of fused-ring (bicyclic) bond motifs is 1. The first-order chi connectivity index (χ1) is 14.9. The number of rotatable bonds is 6. The molecule has 2 N–H and O–H groups in total. The lowest BCUT2D eigenvalue weighted by atomic mass is 9.96. The van der Waals surface area contributed by atoms with Crippen LogP contribution in [0.2, 0.25) is 0 Å². The minimum Gasteiger partial charge on any atom is -0.493 e. The number of likely N-dealkylation sites (tertiary alicyclic amines) is 1. The Hall–Kier alpha value is -1.71. The fourth-order valence-corrected chi connectivity index (χ4v) is 5.44. The van der Waals surface area contributed by atoms with Gasteiger partial charge in [0.05, 0.1) is 24.0 Å². The van der Waals surface area contributed by atoms with Gasteiger partial charge >= 0.3 is 0 Å². The minimum absolute atomic E-state index is 0.0930. The van der Waals surface area contributed by atoms with E-state index in [1.165, 1.54) is 6.07 Å². The third-order valence-electron chi connectivity index (χ3n) is 6.23. The van der Waals surface area contributed by atoms with E-state index >= 15 is 0 Å². The number of nitrogens with one attached hydrogen (secondary N) is 1. The highest BCUT2D eigenvalue weighted by Gasteiger charge is 2.28. The first kappa shape index (κ1) is 22.5. The summed E-state index contributed by atoms with van der Waals surface area (Å²) in [6.45, 7) is 1.34. The molecule has 6 nitrogen and oxygen atoms in total. The van der Waals surface area contributed by atoms with Gasteiger partial charge in [-0.15, -0.1) is 0 Å². The van der Waals surface area contributed by atoms with Crippen LogP contribution in [0.4, 0.5) is 8.78 Å². The van der Waals surface area contributed by atoms with Crippen LogP contribution in [0.1, 0.15) is 37.9 Å². The fraction of sp³-hybridized carbons (Fsp3) is 0.636. The summed E-state index contributed by atoms with van der Waals surface area (Å²) in [6, 6.07) is 2.73. The number of halogens is 2. The molecule has 1 saturated heterocycles. The quantitative estimate of drug-likeness (QED) is 0.699. The maximum Gasteiger partial charge on any atom is 0.261 e. The zero-order valence-electron chi connectivity index (χ0n) is 17.7. The standard InChI is InChI=1S/C22H29F2N3O3S/c1-27-7-6-13(18(24)10-27)11-30-15-8-17(23)21-19(9-15)25-20(26-22(21)29)12-31-16-4-2-14(28)3-5-16/h8-9,13-14,16,18,28H,2-7,10-12H2,1H3,(H,25,26,29)/t13-,14?,16?,18+/m1/s1. The van der Waals surface area contributed by atoms with E-state index in [1.807, 2.05) is 11.9 Å². The SMILES string of the molecule is CN1CC[C@H](COc2cc(F)c3c(=O)[nH]c(CSC4CCC(O)CC4)nc3c2)[C@@H](F)C1. The molecule has 0 unspecified atom stereocenters. The van der Waals surface area contributed by atoms with Gasteiger partial charge in [-0.1, -0.05) is 0 Å². The third-order valence-corrected chi connectivity index (χ3v) is 7.61. The van der Waals surface area contributed by atoms with E-state index in [0.717, 1.165) is 32.2 Å². The lowest BCUT2D eigenvalue weighted by Crippen LogP contribution is -2.41. The highest BCUT2D eigenvalue weighted by molar-refractivity contribution is 7.99. The summed E-state index contributed by atoms with van der Waals surface area (Å²) in [7, 11) is 1.89. The van der Waals surface area contributed by atoms with E-state index in [1.54, 1.807) is 17.8 Å². The predicted octanol–water partition coefficient (Wildman–Crippen LogP) is 3.27. The van der Waals surface area contributed by atoms with Crippen molar-refractivity contribution in [3.05, 3.63) is 34.1 Å². The lowest BCUT2D eigenvalue weighted by Gasteiger charge is -2.32. The number of aromatic amines is 1. The van der Waals surface area contributed by atoms with Crippen molar-refractivity contribution in [1.82, 2.24) is 14.9 Å². The van der Waals surface area contributed by atoms with Gasteiger partial charge in [-0.25, -0.2) is 13.8 Å². The van der Waals surface area contributed by atoms with Crippen LogP contribution in [0.15, 0.2) is 16.9 Å². The molecule has 4 rings (SSSR count). The Morgan fingerprint density at radius 2 is 2.06 bits per heavy atom. The Morgan fingerprint density at radius 1 is 1.29 bits per heavy atom. The molecule has 9 heteroatoms. The Morgan fingerprint density at radius 3 is 2.81 bits per heavy atom. The number of aliphatic hydroxyl groups is 1. The minimum atomic E-state index is -0.977. The maximum absolute atomic E-state index is 14.6. The highest BCUT2D eigenvalue weighted by atomic mass is 32.2. The van der Waals surface area contributed by atoms with Crippen LogP contribution in [0.25, 0.3) is 10.9 Å². The van der Waals surface area contributed by atoms with Crippen LogP contribution in [0.3, 0.4) is 0 Å². The summed E-state index contributed by atoms with van der Waals surface area (Å²) in [5.41, 5.74) is -0.267. The van der Waals surface area contributed by atoms with E-state index < -0.39 is 17.5 Å². The van der Waals surface area contributed by atoms with E-state index in [2.05, 4.69) is 9.97 Å². The van der Waals surface area contributed by atoms with Crippen LogP contribution < -0.4 is 10.3 Å². The normalized spacial score (nSPS) is 27.5. The van der Waals surface area contributed by atoms with Gasteiger partial charge in [0.1, 0.15) is 28.9 Å². The lowest BCUT2D eigenvalue weighted by molar-refractivity contribution is 0.0695. The number of thioether (sulfide) groups is 1. The van der Waals surface area contributed by atoms with Gasteiger partial charge in [0.15, 0.2) is 0 Å². The molecular weight excluding hydrogens is 424 g/mol. The molecule has 2 heterocycles. The van der Waals surface area contributed by atoms with Crippen LogP contribution >= 0.6 is 11.8 Å². The van der Waals surface area contributed by atoms with Gasteiger partial charge in [0.25, 0.3) is 5.56 Å². The van der Waals surface area contributed by atoms with Gasteiger partial charge in [-0.3, -0.25) is 4.79 Å². The van der Waals surface area contributed by atoms with Crippen molar-refractivity contribution in [2.24, 2.45) is 5.92 Å². The second-order valence-electron chi connectivity index (χ2n) is 8.69. The molecule has 2 atom stereocenters. The number of alkyl halides is 1. The number of hydrogen-bond acceptors (Lipinski definition) is 6. The second-order valence-corrected chi connectivity index (χ2v) is 9.98. The van der Waals surface area contributed by atoms with Crippen molar-refractivity contribution >= 4 is 22.7 Å². The number of ether oxygens (including phenoxy) is 1. The van der Waals surface area contributed by atoms with Gasteiger partial charge < -0.3 is 19.7 Å². The van der Waals surface area contributed by atoms with Crippen LogP contribution in [-0.4, -0.2) is 64.2 Å². The summed E-state index contributed by atoms with van der Waals surface area (Å²) in [5, 5.41) is 9.96. The van der Waals surface area contributed by atoms with E-state index in [-0.39, 0.29) is 35.3 Å². The molecule has 170 valence electrons. The van der Waals surface area contributed by atoms with Crippen LogP contribution in [0.5, 0.6) is 5.75 Å². The maximum atomic E-state index is 14.6. The molecule has 0 bridgehead atoms. The molecule has 2 aliphatic rings. The molecule has 0 radical (unpaired) electrons. The van der Waals surface area contributed by atoms with Crippen LogP contribution in [0, 0.1) is 11.7 Å². The monoisotopic (exact) mass is 453 g/mol. The van der Waals surface area contributed by atoms with Gasteiger partial charge in [0.2, 0.25) is 0 Å². The molecule has 2 fully saturated rings. The van der Waals surface area contributed by atoms with Crippen molar-refractivity contribution in [3.8, 4) is 5.75 Å². The van der Waals surface area contributed by atoms with Crippen LogP contribution in [-0.2, 0) is 5.75 Å². The third kappa shape index (κ3) is 5.56. The average molecular weight is 454 g/mol. The topological polar surface area (TPSA) is 78.5 Å². The van der Waals surface area contributed by atoms with Gasteiger partial charge in [0, 0.05) is 29.8 Å². The summed E-state index contributed by atoms with van der Waals surface area (Å²) in [6.07, 6.45) is 2.95. The zero-order valence-corrected chi connectivity index (χ0v) is 18.5. The molecule has 1 aromatic heterocycles. The molecule has 1 aliphatic carbocycles. The van der Waals surface area contributed by atoms with Crippen molar-refractivity contribution in [2.75, 3.05) is 26.7 Å². The average Bonchev–Trinajstić information content (AvgIpc) is 2.72. The molecule has 2 aromatic rings. The first-order valence-corrected chi connectivity index (χ1v) is 11.9. The molecule has 0 spiro atoms. The van der Waals surface area contributed by atoms with Gasteiger partial charge in [-0.05, 0) is 45.7 Å². The Balaban J connectivity index is 1.45. The Labute approximate surface area is 184 Å². The summed E-state index contributed by atoms with van der Waals surface area (Å²) < 4.78 is 34.5. The molecule has 1 aliphatic heterocycles. The number of nitrogens with zero attached hydrogens (tertiary/aromatic N) is 2. The number of H-pyrrole nitrogens is 1. The van der Waals surface area contributed by atoms with E-state index in [9.17, 15) is 18.7 Å². The van der Waals surface area contributed by atoms with Crippen molar-refractivity contribution < 1.29 is 18.6 Å². The summed E-state index contributed by atoms with van der Waals surface area (Å²) in [5.74, 6) is 0.334. The van der Waals surface area contributed by atoms with E-state index in [0.29, 0.717) is 29.8 Å². The number of benzene rings is 1. The van der Waals surface area contributed by atoms with Crippen molar-refractivity contribution in [2.45, 2.75) is 55.4 Å². The number of aromatic nitrogens is 2. The Kier molecular flexibility index (Phi) is 7.13. The summed E-state index contributed by atoms with van der Waals surface area (Å²) >= 11 is 1.69. The number of aliphatic hydroxyl groups excluding tert-OH is 1. The summed E-state index contributed by atoms with van der Waals surface area (Å²) in [4.78, 5) is 21.5. The van der Waals surface area contributed by atoms with Gasteiger partial charge in [-0.2, -0.15) is 11.8 Å². The smallest absolute Gasteiger partial charge is 0.261 e. The molecule has 1 aromatic carbocycles. The predicted molar refractivity (Wildman–Crippen MR) is 118 cm³/mol. The van der Waals surface area contributed by atoms with Crippen molar-refractivity contribution in [1.29, 1.82) is 0 Å². The molecule has 0 amide bonds.